The number of nitrogens with zero attached hydrogens (tertiary/aromatic N) is 6. The molecular formula is C31H39N7O4. The van der Waals surface area contributed by atoms with Gasteiger partial charge in [0.2, 0.25) is 11.8 Å². The van der Waals surface area contributed by atoms with Gasteiger partial charge in [-0.05, 0) is 64.3 Å². The second-order valence-electron chi connectivity index (χ2n) is 12.7. The smallest absolute Gasteiger partial charge is 0.415 e. The first kappa shape index (κ1) is 28.2. The molecule has 3 aliphatic heterocycles. The van der Waals surface area contributed by atoms with Crippen molar-refractivity contribution in [3.63, 3.8) is 0 Å². The van der Waals surface area contributed by atoms with Crippen LogP contribution in [-0.4, -0.2) is 75.0 Å². The molecule has 6 rings (SSSR count). The van der Waals surface area contributed by atoms with Gasteiger partial charge in [-0.25, -0.2) is 19.7 Å². The Balaban J connectivity index is 1.16. The lowest BCUT2D eigenvalue weighted by Crippen LogP contribution is -2.59. The van der Waals surface area contributed by atoms with E-state index in [-0.39, 0.29) is 0 Å². The van der Waals surface area contributed by atoms with Crippen molar-refractivity contribution in [3.8, 4) is 5.88 Å². The molecule has 11 heteroatoms. The predicted molar refractivity (Wildman–Crippen MR) is 160 cm³/mol. The SMILES string of the molecule is Cc1c(N2CCc3cnc(Nc4ccc(CN5CC(C)(O)C5)cc4)nc3C2)cnc2c1N(C(=O)OC(C)(C)C)CCO2. The molecule has 0 bridgehead atoms. The van der Waals surface area contributed by atoms with Gasteiger partial charge in [0, 0.05) is 43.6 Å². The van der Waals surface area contributed by atoms with Crippen LogP contribution in [0.5, 0.6) is 5.88 Å². The van der Waals surface area contributed by atoms with E-state index < -0.39 is 17.3 Å². The van der Waals surface area contributed by atoms with Crippen molar-refractivity contribution in [2.75, 3.05) is 47.9 Å². The number of benzene rings is 1. The van der Waals surface area contributed by atoms with Crippen molar-refractivity contribution >= 4 is 29.1 Å². The van der Waals surface area contributed by atoms with E-state index in [1.54, 1.807) is 4.90 Å². The van der Waals surface area contributed by atoms with Crippen LogP contribution in [-0.2, 0) is 24.2 Å². The molecule has 2 N–H and O–H groups in total. The van der Waals surface area contributed by atoms with Crippen LogP contribution < -0.4 is 19.9 Å². The molecule has 0 spiro atoms. The van der Waals surface area contributed by atoms with Crippen molar-refractivity contribution in [2.24, 2.45) is 0 Å². The van der Waals surface area contributed by atoms with Crippen LogP contribution in [0.15, 0.2) is 36.7 Å². The van der Waals surface area contributed by atoms with Crippen molar-refractivity contribution < 1.29 is 19.4 Å². The average Bonchev–Trinajstić information content (AvgIpc) is 2.92. The number of nitrogens with one attached hydrogen (secondary N) is 1. The number of pyridine rings is 1. The molecule has 0 aliphatic carbocycles. The third-order valence-electron chi connectivity index (χ3n) is 7.71. The number of likely N-dealkylation sites (tertiary alicyclic amines) is 1. The summed E-state index contributed by atoms with van der Waals surface area (Å²) in [5.41, 5.74) is 5.54. The Hall–Kier alpha value is -3.96. The van der Waals surface area contributed by atoms with E-state index in [0.29, 0.717) is 50.3 Å². The van der Waals surface area contributed by atoms with Gasteiger partial charge in [0.05, 0.1) is 36.3 Å². The lowest BCUT2D eigenvalue weighted by molar-refractivity contribution is -0.0871. The van der Waals surface area contributed by atoms with E-state index in [0.717, 1.165) is 47.7 Å². The van der Waals surface area contributed by atoms with Crippen molar-refractivity contribution in [1.82, 2.24) is 19.9 Å². The van der Waals surface area contributed by atoms with Gasteiger partial charge in [0.15, 0.2) is 0 Å². The van der Waals surface area contributed by atoms with Gasteiger partial charge in [-0.3, -0.25) is 9.80 Å². The number of hydrogen-bond donors (Lipinski definition) is 2. The summed E-state index contributed by atoms with van der Waals surface area (Å²) in [6.45, 7) is 13.8. The maximum Gasteiger partial charge on any atom is 0.415 e. The summed E-state index contributed by atoms with van der Waals surface area (Å²) in [7, 11) is 0. The van der Waals surface area contributed by atoms with E-state index in [4.69, 9.17) is 14.5 Å². The van der Waals surface area contributed by atoms with Gasteiger partial charge in [0.1, 0.15) is 17.9 Å². The topological polar surface area (TPSA) is 116 Å². The number of fused-ring (bicyclic) bond motifs is 2. The minimum absolute atomic E-state index is 0.367. The number of ether oxygens (including phenoxy) is 2. The number of β-amino-alcohol motifs (C(OH)–C–C–N with tert-alkyl or cyclic N) is 1. The van der Waals surface area contributed by atoms with Crippen molar-refractivity contribution in [2.45, 2.75) is 65.3 Å². The Labute approximate surface area is 246 Å². The molecule has 3 aliphatic rings. The molecule has 0 saturated carbocycles. The number of carbonyl (C=O) groups excluding carboxylic acids is 1. The minimum atomic E-state index is -0.601. The maximum atomic E-state index is 13.0. The third-order valence-corrected chi connectivity index (χ3v) is 7.71. The van der Waals surface area contributed by atoms with Gasteiger partial charge in [-0.15, -0.1) is 0 Å². The van der Waals surface area contributed by atoms with Crippen molar-refractivity contribution in [3.05, 3.63) is 59.0 Å². The number of anilines is 4. The zero-order valence-electron chi connectivity index (χ0n) is 25.0. The number of aliphatic hydroxyl groups is 1. The van der Waals surface area contributed by atoms with Crippen LogP contribution in [0.25, 0.3) is 0 Å². The van der Waals surface area contributed by atoms with Crippen LogP contribution in [0.1, 0.15) is 50.1 Å². The average molecular weight is 574 g/mol. The number of aromatic nitrogens is 3. The first-order valence-electron chi connectivity index (χ1n) is 14.5. The van der Waals surface area contributed by atoms with Crippen LogP contribution in [0, 0.1) is 6.92 Å². The summed E-state index contributed by atoms with van der Waals surface area (Å²) in [4.78, 5) is 33.2. The fourth-order valence-corrected chi connectivity index (χ4v) is 5.83. The van der Waals surface area contributed by atoms with E-state index in [2.05, 4.69) is 37.2 Å². The molecule has 1 saturated heterocycles. The lowest BCUT2D eigenvalue weighted by atomic mass is 9.96. The molecule has 5 heterocycles. The number of amides is 1. The largest absolute Gasteiger partial charge is 0.474 e. The molecule has 3 aromatic rings. The highest BCUT2D eigenvalue weighted by Gasteiger charge is 2.36. The highest BCUT2D eigenvalue weighted by Crippen LogP contribution is 2.39. The zero-order chi connectivity index (χ0) is 29.6. The van der Waals surface area contributed by atoms with Crippen LogP contribution in [0.3, 0.4) is 0 Å². The summed E-state index contributed by atoms with van der Waals surface area (Å²) >= 11 is 0. The molecule has 0 atom stereocenters. The van der Waals surface area contributed by atoms with Gasteiger partial charge in [-0.2, -0.15) is 0 Å². The molecule has 222 valence electrons. The highest BCUT2D eigenvalue weighted by atomic mass is 16.6. The third kappa shape index (κ3) is 5.98. The monoisotopic (exact) mass is 573 g/mol. The summed E-state index contributed by atoms with van der Waals surface area (Å²) in [5.74, 6) is 0.995. The Morgan fingerprint density at radius 2 is 1.90 bits per heavy atom. The van der Waals surface area contributed by atoms with E-state index >= 15 is 0 Å². The standard InChI is InChI=1S/C31H39N7O4/c1-20-25(15-32-27-26(20)38(12-13-41-27)29(39)42-30(2,3)4)37-11-10-22-14-33-28(35-24(22)17-37)34-23-8-6-21(7-9-23)16-36-18-31(5,40)19-36/h6-9,14-15,40H,10-13,16-19H2,1-5H3,(H,33,34,35). The highest BCUT2D eigenvalue weighted by molar-refractivity contribution is 5.92. The van der Waals surface area contributed by atoms with Gasteiger partial charge in [-0.1, -0.05) is 12.1 Å². The zero-order valence-corrected chi connectivity index (χ0v) is 25.0. The molecule has 0 radical (unpaired) electrons. The quantitative estimate of drug-likeness (QED) is 0.460. The van der Waals surface area contributed by atoms with E-state index in [1.807, 2.05) is 59.1 Å². The summed E-state index contributed by atoms with van der Waals surface area (Å²) in [5, 5.41) is 13.3. The van der Waals surface area contributed by atoms with Crippen LogP contribution in [0.2, 0.25) is 0 Å². The Bertz CT molecular complexity index is 1480. The first-order chi connectivity index (χ1) is 19.9. The summed E-state index contributed by atoms with van der Waals surface area (Å²) in [6, 6.07) is 8.24. The molecule has 11 nitrogen and oxygen atoms in total. The molecule has 2 aromatic heterocycles. The van der Waals surface area contributed by atoms with Crippen LogP contribution in [0.4, 0.5) is 27.8 Å². The number of rotatable bonds is 5. The van der Waals surface area contributed by atoms with Gasteiger partial charge in [0.25, 0.3) is 0 Å². The second kappa shape index (κ2) is 10.7. The Kier molecular flexibility index (Phi) is 7.18. The predicted octanol–water partition coefficient (Wildman–Crippen LogP) is 4.19. The van der Waals surface area contributed by atoms with E-state index in [1.165, 1.54) is 5.56 Å². The fourth-order valence-electron chi connectivity index (χ4n) is 5.83. The maximum absolute atomic E-state index is 13.0. The molecule has 1 amide bonds. The van der Waals surface area contributed by atoms with Crippen molar-refractivity contribution in [1.29, 1.82) is 0 Å². The minimum Gasteiger partial charge on any atom is -0.474 e. The Morgan fingerprint density at radius 1 is 1.14 bits per heavy atom. The lowest BCUT2D eigenvalue weighted by Gasteiger charge is -2.44. The summed E-state index contributed by atoms with van der Waals surface area (Å²) < 4.78 is 11.5. The number of hydrogen-bond acceptors (Lipinski definition) is 10. The van der Waals surface area contributed by atoms with Crippen LogP contribution >= 0.6 is 0 Å². The molecular weight excluding hydrogens is 534 g/mol. The normalized spacial score (nSPS) is 18.0. The molecule has 42 heavy (non-hydrogen) atoms. The molecule has 1 fully saturated rings. The van der Waals surface area contributed by atoms with Gasteiger partial charge < -0.3 is 24.8 Å². The van der Waals surface area contributed by atoms with E-state index in [9.17, 15) is 9.90 Å². The Morgan fingerprint density at radius 3 is 2.62 bits per heavy atom. The second-order valence-corrected chi connectivity index (χ2v) is 12.7. The molecule has 0 unspecified atom stereocenters. The number of carbonyl (C=O) groups is 1. The summed E-state index contributed by atoms with van der Waals surface area (Å²) in [6.07, 6.45) is 4.13. The first-order valence-corrected chi connectivity index (χ1v) is 14.5. The fraction of sp³-hybridized carbons (Fsp3) is 0.484. The molecule has 1 aromatic carbocycles. The van der Waals surface area contributed by atoms with Gasteiger partial charge >= 0.3 is 6.09 Å².